The monoisotopic (exact) mass is 288 g/mol. The summed E-state index contributed by atoms with van der Waals surface area (Å²) in [6.07, 6.45) is 0. The van der Waals surface area contributed by atoms with Gasteiger partial charge in [-0.15, -0.1) is 0 Å². The van der Waals surface area contributed by atoms with Gasteiger partial charge in [0.2, 0.25) is 0 Å². The fraction of sp³-hybridized carbons (Fsp3) is 0.545. The normalized spacial score (nSPS) is 12.7. The molecule has 0 fully saturated rings. The number of nitrogens with one attached hydrogen (secondary N) is 1. The van der Waals surface area contributed by atoms with Gasteiger partial charge < -0.3 is 5.32 Å². The molecule has 0 radical (unpaired) electrons. The maximum absolute atomic E-state index is 4.37. The fourth-order valence-corrected chi connectivity index (χ4v) is 2.27. The van der Waals surface area contributed by atoms with Crippen molar-refractivity contribution in [2.24, 2.45) is 0 Å². The average molecular weight is 289 g/mol. The Bertz CT molecular complexity index is 294. The largest absolute Gasteiger partial charge is 0.308 e. The first-order chi connectivity index (χ1) is 7.22. The molecule has 1 heterocycles. The van der Waals surface area contributed by atoms with Gasteiger partial charge in [0.05, 0.1) is 5.69 Å². The van der Waals surface area contributed by atoms with Crippen LogP contribution in [0.4, 0.5) is 0 Å². The van der Waals surface area contributed by atoms with Crippen LogP contribution in [0.5, 0.6) is 0 Å². The summed E-state index contributed by atoms with van der Waals surface area (Å²) in [5.41, 5.74) is 1.08. The zero-order valence-corrected chi connectivity index (χ0v) is 11.6. The van der Waals surface area contributed by atoms with Crippen LogP contribution < -0.4 is 5.32 Å². The van der Waals surface area contributed by atoms with Crippen molar-refractivity contribution >= 4 is 27.7 Å². The van der Waals surface area contributed by atoms with E-state index in [9.17, 15) is 0 Å². The third-order valence-electron chi connectivity index (χ3n) is 1.98. The molecule has 0 saturated heterocycles. The zero-order chi connectivity index (χ0) is 11.1. The van der Waals surface area contributed by atoms with Crippen LogP contribution in [0, 0.1) is 0 Å². The molecule has 1 atom stereocenters. The standard InChI is InChI=1S/C11H17BrN2S/c1-3-15-8-9(2)13-7-10-5-4-6-11(12)14-10/h4-6,9,13H,3,7-8H2,1-2H3. The van der Waals surface area contributed by atoms with E-state index in [1.54, 1.807) is 0 Å². The average Bonchev–Trinajstić information content (AvgIpc) is 2.23. The van der Waals surface area contributed by atoms with Crippen molar-refractivity contribution in [1.82, 2.24) is 10.3 Å². The molecular weight excluding hydrogens is 272 g/mol. The topological polar surface area (TPSA) is 24.9 Å². The highest BCUT2D eigenvalue weighted by atomic mass is 79.9. The van der Waals surface area contributed by atoms with E-state index in [-0.39, 0.29) is 0 Å². The molecule has 1 N–H and O–H groups in total. The van der Waals surface area contributed by atoms with Crippen LogP contribution in [0.1, 0.15) is 19.5 Å². The van der Waals surface area contributed by atoms with E-state index in [1.807, 2.05) is 30.0 Å². The smallest absolute Gasteiger partial charge is 0.106 e. The summed E-state index contributed by atoms with van der Waals surface area (Å²) in [6.45, 7) is 5.23. The van der Waals surface area contributed by atoms with E-state index in [2.05, 4.69) is 40.1 Å². The SMILES string of the molecule is CCSCC(C)NCc1cccc(Br)n1. The third-order valence-corrected chi connectivity index (χ3v) is 3.56. The Morgan fingerprint density at radius 1 is 1.53 bits per heavy atom. The first-order valence-corrected chi connectivity index (χ1v) is 7.09. The second kappa shape index (κ2) is 7.25. The lowest BCUT2D eigenvalue weighted by Gasteiger charge is -2.12. The van der Waals surface area contributed by atoms with Crippen molar-refractivity contribution in [2.45, 2.75) is 26.4 Å². The molecule has 84 valence electrons. The summed E-state index contributed by atoms with van der Waals surface area (Å²) in [4.78, 5) is 4.37. The molecule has 0 spiro atoms. The fourth-order valence-electron chi connectivity index (χ4n) is 1.18. The van der Waals surface area contributed by atoms with Crippen LogP contribution in [0.15, 0.2) is 22.8 Å². The van der Waals surface area contributed by atoms with Crippen molar-refractivity contribution in [3.8, 4) is 0 Å². The zero-order valence-electron chi connectivity index (χ0n) is 9.16. The molecule has 0 amide bonds. The van der Waals surface area contributed by atoms with Gasteiger partial charge in [-0.2, -0.15) is 11.8 Å². The molecular formula is C11H17BrN2S. The lowest BCUT2D eigenvalue weighted by Crippen LogP contribution is -2.28. The molecule has 0 aliphatic heterocycles. The molecule has 1 unspecified atom stereocenters. The van der Waals surface area contributed by atoms with Crippen molar-refractivity contribution in [2.75, 3.05) is 11.5 Å². The highest BCUT2D eigenvalue weighted by Gasteiger charge is 2.01. The summed E-state index contributed by atoms with van der Waals surface area (Å²) < 4.78 is 0.900. The predicted octanol–water partition coefficient (Wildman–Crippen LogP) is 3.08. The van der Waals surface area contributed by atoms with Gasteiger partial charge in [-0.3, -0.25) is 0 Å². The summed E-state index contributed by atoms with van der Waals surface area (Å²) >= 11 is 5.33. The van der Waals surface area contributed by atoms with Gasteiger partial charge in [0, 0.05) is 18.3 Å². The van der Waals surface area contributed by atoms with Gasteiger partial charge in [0.1, 0.15) is 4.60 Å². The molecule has 0 aromatic carbocycles. The first-order valence-electron chi connectivity index (χ1n) is 5.15. The molecule has 15 heavy (non-hydrogen) atoms. The van der Waals surface area contributed by atoms with Gasteiger partial charge >= 0.3 is 0 Å². The number of thioether (sulfide) groups is 1. The summed E-state index contributed by atoms with van der Waals surface area (Å²) in [5.74, 6) is 2.34. The Morgan fingerprint density at radius 2 is 2.33 bits per heavy atom. The number of aromatic nitrogens is 1. The lowest BCUT2D eigenvalue weighted by molar-refractivity contribution is 0.588. The van der Waals surface area contributed by atoms with Crippen LogP contribution in [0.3, 0.4) is 0 Å². The van der Waals surface area contributed by atoms with E-state index >= 15 is 0 Å². The minimum absolute atomic E-state index is 0.538. The van der Waals surface area contributed by atoms with Crippen molar-refractivity contribution in [3.63, 3.8) is 0 Å². The molecule has 1 aromatic heterocycles. The van der Waals surface area contributed by atoms with E-state index in [0.717, 1.165) is 22.6 Å². The first kappa shape index (κ1) is 13.0. The molecule has 0 aliphatic carbocycles. The third kappa shape index (κ3) is 5.54. The quantitative estimate of drug-likeness (QED) is 0.815. The van der Waals surface area contributed by atoms with Gasteiger partial charge in [-0.1, -0.05) is 13.0 Å². The second-order valence-corrected chi connectivity index (χ2v) is 5.52. The minimum Gasteiger partial charge on any atom is -0.308 e. The van der Waals surface area contributed by atoms with Gasteiger partial charge in [0.15, 0.2) is 0 Å². The van der Waals surface area contributed by atoms with Gasteiger partial charge in [-0.25, -0.2) is 4.98 Å². The van der Waals surface area contributed by atoms with E-state index < -0.39 is 0 Å². The minimum atomic E-state index is 0.538. The second-order valence-electron chi connectivity index (χ2n) is 3.39. The summed E-state index contributed by atoms with van der Waals surface area (Å²) in [6, 6.07) is 6.53. The van der Waals surface area contributed by atoms with Crippen LogP contribution in [0.2, 0.25) is 0 Å². The van der Waals surface area contributed by atoms with Crippen LogP contribution in [-0.4, -0.2) is 22.5 Å². The van der Waals surface area contributed by atoms with Crippen molar-refractivity contribution in [3.05, 3.63) is 28.5 Å². The molecule has 2 nitrogen and oxygen atoms in total. The lowest BCUT2D eigenvalue weighted by atomic mass is 10.3. The number of rotatable bonds is 6. The Labute approximate surface area is 104 Å². The van der Waals surface area contributed by atoms with E-state index in [0.29, 0.717) is 6.04 Å². The molecule has 1 aromatic rings. The van der Waals surface area contributed by atoms with Crippen molar-refractivity contribution < 1.29 is 0 Å². The number of halogens is 1. The Balaban J connectivity index is 2.30. The van der Waals surface area contributed by atoms with Crippen molar-refractivity contribution in [1.29, 1.82) is 0 Å². The number of hydrogen-bond donors (Lipinski definition) is 1. The van der Waals surface area contributed by atoms with Gasteiger partial charge in [0.25, 0.3) is 0 Å². The van der Waals surface area contributed by atoms with E-state index in [1.165, 1.54) is 5.75 Å². The number of pyridine rings is 1. The van der Waals surface area contributed by atoms with E-state index in [4.69, 9.17) is 0 Å². The maximum atomic E-state index is 4.37. The van der Waals surface area contributed by atoms with Crippen LogP contribution in [-0.2, 0) is 6.54 Å². The molecule has 0 bridgehead atoms. The number of nitrogens with zero attached hydrogens (tertiary/aromatic N) is 1. The summed E-state index contributed by atoms with van der Waals surface area (Å²) in [5, 5.41) is 3.46. The molecule has 0 saturated carbocycles. The maximum Gasteiger partial charge on any atom is 0.106 e. The van der Waals surface area contributed by atoms with Crippen LogP contribution in [0.25, 0.3) is 0 Å². The van der Waals surface area contributed by atoms with Gasteiger partial charge in [-0.05, 0) is 40.7 Å². The van der Waals surface area contributed by atoms with Crippen LogP contribution >= 0.6 is 27.7 Å². The molecule has 1 rings (SSSR count). The molecule has 0 aliphatic rings. The Kier molecular flexibility index (Phi) is 6.29. The Hall–Kier alpha value is -0.0600. The predicted molar refractivity (Wildman–Crippen MR) is 71.2 cm³/mol. The molecule has 4 heteroatoms. The number of hydrogen-bond acceptors (Lipinski definition) is 3. The Morgan fingerprint density at radius 3 is 3.00 bits per heavy atom. The highest BCUT2D eigenvalue weighted by Crippen LogP contribution is 2.07. The highest BCUT2D eigenvalue weighted by molar-refractivity contribution is 9.10. The summed E-state index contributed by atoms with van der Waals surface area (Å²) in [7, 11) is 0.